The molecule has 2 aromatic rings. The van der Waals surface area contributed by atoms with Crippen molar-refractivity contribution in [2.24, 2.45) is 0 Å². The first-order valence-corrected chi connectivity index (χ1v) is 8.91. The Hall–Kier alpha value is -1.85. The predicted molar refractivity (Wildman–Crippen MR) is 92.1 cm³/mol. The smallest absolute Gasteiger partial charge is 0.289 e. The third-order valence-electron chi connectivity index (χ3n) is 5.16. The minimum Gasteiger partial charge on any atom is -0.451 e. The maximum absolute atomic E-state index is 12.8. The van der Waals surface area contributed by atoms with E-state index in [9.17, 15) is 4.79 Å². The fraction of sp³-hybridized carbons (Fsp3) is 0.526. The number of carbonyl (C=O) groups excluding carboxylic acids is 1. The molecule has 0 N–H and O–H groups in total. The van der Waals surface area contributed by atoms with Gasteiger partial charge in [0.2, 0.25) is 0 Å². The van der Waals surface area contributed by atoms with E-state index in [4.69, 9.17) is 9.15 Å². The van der Waals surface area contributed by atoms with Crippen molar-refractivity contribution in [1.29, 1.82) is 0 Å². The molecule has 2 aliphatic rings. The van der Waals surface area contributed by atoms with Crippen molar-refractivity contribution in [3.63, 3.8) is 0 Å². The number of hydrogen-bond acceptors (Lipinski definition) is 4. The Bertz CT molecular complexity index is 672. The summed E-state index contributed by atoms with van der Waals surface area (Å²) < 4.78 is 11.2. The van der Waals surface area contributed by atoms with Crippen LogP contribution in [-0.2, 0) is 4.74 Å². The largest absolute Gasteiger partial charge is 0.451 e. The van der Waals surface area contributed by atoms with Crippen LogP contribution in [0, 0.1) is 0 Å². The topological polar surface area (TPSA) is 45.9 Å². The maximum Gasteiger partial charge on any atom is 0.289 e. The van der Waals surface area contributed by atoms with Gasteiger partial charge >= 0.3 is 0 Å². The molecule has 0 saturated carbocycles. The third kappa shape index (κ3) is 3.19. The van der Waals surface area contributed by atoms with Gasteiger partial charge in [0.15, 0.2) is 5.76 Å². The summed E-state index contributed by atoms with van der Waals surface area (Å²) >= 11 is 0. The number of amides is 1. The van der Waals surface area contributed by atoms with E-state index in [1.807, 2.05) is 35.2 Å². The lowest BCUT2D eigenvalue weighted by atomic mass is 10.1. The van der Waals surface area contributed by atoms with Crippen molar-refractivity contribution in [3.05, 3.63) is 36.1 Å². The van der Waals surface area contributed by atoms with Gasteiger partial charge in [-0.25, -0.2) is 0 Å². The highest BCUT2D eigenvalue weighted by Gasteiger charge is 2.27. The second-order valence-electron chi connectivity index (χ2n) is 6.67. The number of furan rings is 1. The zero-order valence-electron chi connectivity index (χ0n) is 13.9. The second-order valence-corrected chi connectivity index (χ2v) is 6.67. The van der Waals surface area contributed by atoms with Crippen LogP contribution in [-0.4, -0.2) is 61.1 Å². The molecule has 1 aromatic carbocycles. The van der Waals surface area contributed by atoms with Crippen LogP contribution in [0.25, 0.3) is 11.0 Å². The zero-order valence-corrected chi connectivity index (χ0v) is 13.9. The van der Waals surface area contributed by atoms with Crippen molar-refractivity contribution in [2.75, 3.05) is 39.4 Å². The van der Waals surface area contributed by atoms with E-state index < -0.39 is 0 Å². The van der Waals surface area contributed by atoms with E-state index in [0.717, 1.165) is 69.6 Å². The molecule has 2 fully saturated rings. The lowest BCUT2D eigenvalue weighted by molar-refractivity contribution is 0.0350. The Morgan fingerprint density at radius 3 is 2.71 bits per heavy atom. The maximum atomic E-state index is 12.8. The monoisotopic (exact) mass is 328 g/mol. The Balaban J connectivity index is 1.43. The van der Waals surface area contributed by atoms with Gasteiger partial charge < -0.3 is 14.1 Å². The van der Waals surface area contributed by atoms with E-state index in [1.54, 1.807) is 0 Å². The zero-order chi connectivity index (χ0) is 16.4. The SMILES string of the molecule is O=C(c1cc2ccccc2o1)N1CCCN(C2CCOCC2)CC1. The Labute approximate surface area is 142 Å². The summed E-state index contributed by atoms with van der Waals surface area (Å²) in [6.45, 7) is 5.31. The van der Waals surface area contributed by atoms with Gasteiger partial charge in [-0.15, -0.1) is 0 Å². The Morgan fingerprint density at radius 1 is 1.04 bits per heavy atom. The molecule has 0 atom stereocenters. The van der Waals surface area contributed by atoms with Crippen molar-refractivity contribution < 1.29 is 13.9 Å². The average Bonchev–Trinajstić information content (AvgIpc) is 2.91. The summed E-state index contributed by atoms with van der Waals surface area (Å²) in [6, 6.07) is 10.2. The van der Waals surface area contributed by atoms with Gasteiger partial charge in [-0.05, 0) is 31.4 Å². The van der Waals surface area contributed by atoms with Crippen molar-refractivity contribution in [1.82, 2.24) is 9.80 Å². The van der Waals surface area contributed by atoms with Crippen LogP contribution in [0.15, 0.2) is 34.7 Å². The molecule has 2 saturated heterocycles. The lowest BCUT2D eigenvalue weighted by Gasteiger charge is -2.33. The van der Waals surface area contributed by atoms with E-state index in [-0.39, 0.29) is 5.91 Å². The van der Waals surface area contributed by atoms with Gasteiger partial charge in [0, 0.05) is 50.8 Å². The molecule has 4 rings (SSSR count). The first-order chi connectivity index (χ1) is 11.8. The van der Waals surface area contributed by atoms with Crippen LogP contribution in [0.1, 0.15) is 29.8 Å². The third-order valence-corrected chi connectivity index (χ3v) is 5.16. The van der Waals surface area contributed by atoms with Crippen LogP contribution in [0.4, 0.5) is 0 Å². The van der Waals surface area contributed by atoms with Gasteiger partial charge in [-0.3, -0.25) is 9.69 Å². The first-order valence-electron chi connectivity index (χ1n) is 8.91. The number of carbonyl (C=O) groups is 1. The number of benzene rings is 1. The molecule has 3 heterocycles. The average molecular weight is 328 g/mol. The molecular formula is C19H24N2O3. The number of nitrogens with zero attached hydrogens (tertiary/aromatic N) is 2. The van der Waals surface area contributed by atoms with E-state index >= 15 is 0 Å². The summed E-state index contributed by atoms with van der Waals surface area (Å²) in [4.78, 5) is 17.3. The van der Waals surface area contributed by atoms with Crippen LogP contribution in [0.5, 0.6) is 0 Å². The van der Waals surface area contributed by atoms with E-state index in [0.29, 0.717) is 11.8 Å². The molecule has 0 spiro atoms. The molecule has 5 nitrogen and oxygen atoms in total. The number of fused-ring (bicyclic) bond motifs is 1. The minimum absolute atomic E-state index is 0.0139. The highest BCUT2D eigenvalue weighted by atomic mass is 16.5. The molecule has 1 amide bonds. The van der Waals surface area contributed by atoms with Crippen molar-refractivity contribution in [2.45, 2.75) is 25.3 Å². The van der Waals surface area contributed by atoms with Crippen molar-refractivity contribution in [3.8, 4) is 0 Å². The summed E-state index contributed by atoms with van der Waals surface area (Å²) in [5.41, 5.74) is 0.777. The Morgan fingerprint density at radius 2 is 1.88 bits per heavy atom. The number of rotatable bonds is 2. The molecule has 0 unspecified atom stereocenters. The highest BCUT2D eigenvalue weighted by Crippen LogP contribution is 2.21. The van der Waals surface area contributed by atoms with Gasteiger partial charge in [-0.2, -0.15) is 0 Å². The van der Waals surface area contributed by atoms with Crippen LogP contribution in [0.2, 0.25) is 0 Å². The van der Waals surface area contributed by atoms with Gasteiger partial charge in [-0.1, -0.05) is 18.2 Å². The molecule has 5 heteroatoms. The quantitative estimate of drug-likeness (QED) is 0.850. The molecule has 128 valence electrons. The number of para-hydroxylation sites is 1. The first kappa shape index (κ1) is 15.7. The van der Waals surface area contributed by atoms with Gasteiger partial charge in [0.25, 0.3) is 5.91 Å². The fourth-order valence-corrected chi connectivity index (χ4v) is 3.80. The summed E-state index contributed by atoms with van der Waals surface area (Å²) in [5, 5.41) is 0.986. The molecule has 1 aromatic heterocycles. The summed E-state index contributed by atoms with van der Waals surface area (Å²) in [6.07, 6.45) is 3.23. The second kappa shape index (κ2) is 6.95. The highest BCUT2D eigenvalue weighted by molar-refractivity contribution is 5.96. The molecule has 0 radical (unpaired) electrons. The molecule has 0 aliphatic carbocycles. The van der Waals surface area contributed by atoms with E-state index in [1.165, 1.54) is 0 Å². The van der Waals surface area contributed by atoms with E-state index in [2.05, 4.69) is 4.90 Å². The predicted octanol–water partition coefficient (Wildman–Crippen LogP) is 2.76. The number of hydrogen-bond donors (Lipinski definition) is 0. The molecular weight excluding hydrogens is 304 g/mol. The molecule has 24 heavy (non-hydrogen) atoms. The summed E-state index contributed by atoms with van der Waals surface area (Å²) in [5.74, 6) is 0.468. The minimum atomic E-state index is 0.0139. The summed E-state index contributed by atoms with van der Waals surface area (Å²) in [7, 11) is 0. The van der Waals surface area contributed by atoms with Gasteiger partial charge in [0.05, 0.1) is 0 Å². The standard InChI is InChI=1S/C19H24N2O3/c22-19(18-14-15-4-1-2-5-17(15)24-18)21-9-3-8-20(10-11-21)16-6-12-23-13-7-16/h1-2,4-5,14,16H,3,6-13H2. The number of ether oxygens (including phenoxy) is 1. The Kier molecular flexibility index (Phi) is 4.54. The van der Waals surface area contributed by atoms with Crippen LogP contribution in [0.3, 0.4) is 0 Å². The molecule has 2 aliphatic heterocycles. The van der Waals surface area contributed by atoms with Crippen molar-refractivity contribution >= 4 is 16.9 Å². The van der Waals surface area contributed by atoms with Gasteiger partial charge in [0.1, 0.15) is 5.58 Å². The molecule has 0 bridgehead atoms. The normalized spacial score (nSPS) is 21.1. The lowest BCUT2D eigenvalue weighted by Crippen LogP contribution is -2.42. The van der Waals surface area contributed by atoms with Crippen LogP contribution >= 0.6 is 0 Å². The van der Waals surface area contributed by atoms with Crippen LogP contribution < -0.4 is 0 Å². The fourth-order valence-electron chi connectivity index (χ4n) is 3.80.